The Morgan fingerprint density at radius 2 is 1.59 bits per heavy atom. The number of carbonyl (C=O) groups is 3. The molecule has 2 aromatic rings. The second-order valence-electron chi connectivity index (χ2n) is 9.89. The van der Waals surface area contributed by atoms with Gasteiger partial charge in [-0.25, -0.2) is 9.18 Å². The summed E-state index contributed by atoms with van der Waals surface area (Å²) in [4.78, 5) is 37.6. The number of hydrogen-bond donors (Lipinski definition) is 1. The summed E-state index contributed by atoms with van der Waals surface area (Å²) in [5.41, 5.74) is -5.16. The number of likely N-dealkylation sites (tertiary alicyclic amines) is 1. The summed E-state index contributed by atoms with van der Waals surface area (Å²) in [6.45, 7) is 2.00. The summed E-state index contributed by atoms with van der Waals surface area (Å²) in [6.07, 6.45) is -14.6. The molecule has 1 heterocycles. The Bertz CT molecular complexity index is 1250. The Morgan fingerprint density at radius 1 is 1.05 bits per heavy atom. The third-order valence-corrected chi connectivity index (χ3v) is 7.22. The van der Waals surface area contributed by atoms with E-state index >= 15 is 0 Å². The minimum Gasteiger partial charge on any atom is -0.469 e. The Morgan fingerprint density at radius 3 is 2.02 bits per heavy atom. The van der Waals surface area contributed by atoms with Crippen molar-refractivity contribution in [1.29, 1.82) is 0 Å². The van der Waals surface area contributed by atoms with E-state index in [1.807, 2.05) is 0 Å². The molecule has 0 saturated carbocycles. The molecule has 224 valence electrons. The fourth-order valence-corrected chi connectivity index (χ4v) is 5.25. The van der Waals surface area contributed by atoms with Gasteiger partial charge in [0.1, 0.15) is 12.1 Å². The van der Waals surface area contributed by atoms with E-state index in [4.69, 9.17) is 9.47 Å². The molecule has 1 unspecified atom stereocenters. The average molecular weight is 593 g/mol. The first-order valence-electron chi connectivity index (χ1n) is 12.2. The van der Waals surface area contributed by atoms with Gasteiger partial charge < -0.3 is 24.3 Å². The molecule has 0 bridgehead atoms. The number of alkyl halides is 6. The number of benzene rings is 2. The number of methoxy groups -OCH3 is 1. The lowest BCUT2D eigenvalue weighted by Crippen LogP contribution is -2.52. The van der Waals surface area contributed by atoms with Crippen LogP contribution in [0.1, 0.15) is 54.5 Å². The number of amides is 1. The highest BCUT2D eigenvalue weighted by atomic mass is 19.4. The van der Waals surface area contributed by atoms with Gasteiger partial charge in [-0.2, -0.15) is 26.3 Å². The minimum absolute atomic E-state index is 0.0312. The fraction of sp³-hybridized carbons (Fsp3) is 0.444. The van der Waals surface area contributed by atoms with E-state index in [2.05, 4.69) is 0 Å². The Balaban J connectivity index is 2.15. The molecule has 0 aliphatic carbocycles. The van der Waals surface area contributed by atoms with Crippen LogP contribution in [0.4, 0.5) is 35.5 Å². The Kier molecular flexibility index (Phi) is 9.06. The highest BCUT2D eigenvalue weighted by Gasteiger charge is 2.57. The molecule has 5 atom stereocenters. The molecule has 3 rings (SSSR count). The second-order valence-corrected chi connectivity index (χ2v) is 9.89. The summed E-state index contributed by atoms with van der Waals surface area (Å²) >= 11 is 0. The molecule has 1 aliphatic heterocycles. The number of carbonyl (C=O) groups excluding carboxylic acids is 2. The first kappa shape index (κ1) is 31.8. The van der Waals surface area contributed by atoms with Gasteiger partial charge in [0, 0.05) is 12.3 Å². The standard InChI is InChI=1S/C27H26F7NO6/c1-14(16-10-17(26(29,30)31)12-18(11-16)27(32,33)34)41-20-13-35(24(38)39)22(25(2,8-9-36)23(37)40-3)21(20)15-4-6-19(28)7-5-15/h4-7,9-12,14,20-22H,8,13H2,1-3H3,(H,38,39)/t14-,20+,21-,22-,25?/m1/s1. The van der Waals surface area contributed by atoms with Crippen molar-refractivity contribution in [1.82, 2.24) is 4.90 Å². The van der Waals surface area contributed by atoms with Crippen molar-refractivity contribution in [2.75, 3.05) is 13.7 Å². The number of carboxylic acid groups (broad SMARTS) is 1. The maximum Gasteiger partial charge on any atom is 0.416 e. The van der Waals surface area contributed by atoms with Crippen molar-refractivity contribution >= 4 is 18.3 Å². The van der Waals surface area contributed by atoms with Gasteiger partial charge in [0.05, 0.1) is 48.4 Å². The SMILES string of the molecule is COC(=O)C(C)(CC=O)[C@H]1[C@H](c2ccc(F)cc2)[C@@H](O[C@H](C)c2cc(C(F)(F)F)cc(C(F)(F)F)c2)CN1C(=O)O. The molecule has 2 aromatic carbocycles. The molecule has 0 radical (unpaired) electrons. The number of nitrogens with zero attached hydrogens (tertiary/aromatic N) is 1. The Labute approximate surface area is 229 Å². The number of ether oxygens (including phenoxy) is 2. The molecule has 1 N–H and O–H groups in total. The van der Waals surface area contributed by atoms with Crippen LogP contribution in [0, 0.1) is 11.2 Å². The summed E-state index contributed by atoms with van der Waals surface area (Å²) in [5.74, 6) is -2.73. The van der Waals surface area contributed by atoms with Crippen LogP contribution in [-0.4, -0.2) is 54.2 Å². The van der Waals surface area contributed by atoms with Crippen molar-refractivity contribution in [3.63, 3.8) is 0 Å². The van der Waals surface area contributed by atoms with Gasteiger partial charge in [0.15, 0.2) is 0 Å². The predicted octanol–water partition coefficient (Wildman–Crippen LogP) is 6.22. The van der Waals surface area contributed by atoms with Crippen LogP contribution in [0.5, 0.6) is 0 Å². The van der Waals surface area contributed by atoms with Gasteiger partial charge >= 0.3 is 24.4 Å². The maximum absolute atomic E-state index is 13.8. The molecule has 7 nitrogen and oxygen atoms in total. The third-order valence-electron chi connectivity index (χ3n) is 7.22. The molecular formula is C27H26F7NO6. The lowest BCUT2D eigenvalue weighted by atomic mass is 9.71. The summed E-state index contributed by atoms with van der Waals surface area (Å²) < 4.78 is 105. The Hall–Kier alpha value is -3.68. The van der Waals surface area contributed by atoms with Gasteiger partial charge in [-0.05, 0) is 55.3 Å². The summed E-state index contributed by atoms with van der Waals surface area (Å²) in [5, 5.41) is 10.0. The zero-order chi connectivity index (χ0) is 30.9. The number of hydrogen-bond acceptors (Lipinski definition) is 5. The van der Waals surface area contributed by atoms with E-state index in [9.17, 15) is 50.2 Å². The number of halogens is 7. The van der Waals surface area contributed by atoms with Gasteiger partial charge in [-0.3, -0.25) is 4.79 Å². The first-order valence-corrected chi connectivity index (χ1v) is 12.2. The average Bonchev–Trinajstić information content (AvgIpc) is 3.27. The summed E-state index contributed by atoms with van der Waals surface area (Å²) in [6, 6.07) is 4.28. The van der Waals surface area contributed by atoms with Crippen LogP contribution < -0.4 is 0 Å². The van der Waals surface area contributed by atoms with Crippen LogP contribution >= 0.6 is 0 Å². The number of esters is 1. The normalized spacial score (nSPS) is 21.7. The monoisotopic (exact) mass is 593 g/mol. The van der Waals surface area contributed by atoms with Crippen molar-refractivity contribution in [2.24, 2.45) is 5.41 Å². The number of rotatable bonds is 8. The van der Waals surface area contributed by atoms with Gasteiger partial charge in [0.2, 0.25) is 0 Å². The highest BCUT2D eigenvalue weighted by molar-refractivity contribution is 5.82. The van der Waals surface area contributed by atoms with Crippen LogP contribution in [0.3, 0.4) is 0 Å². The van der Waals surface area contributed by atoms with Crippen molar-refractivity contribution in [3.8, 4) is 0 Å². The molecule has 0 aromatic heterocycles. The van der Waals surface area contributed by atoms with Crippen molar-refractivity contribution in [2.45, 2.75) is 56.8 Å². The lowest BCUT2D eigenvalue weighted by Gasteiger charge is -2.39. The first-order chi connectivity index (χ1) is 18.9. The van der Waals surface area contributed by atoms with Gasteiger partial charge in [-0.1, -0.05) is 12.1 Å². The van der Waals surface area contributed by atoms with Gasteiger partial charge in [0.25, 0.3) is 0 Å². The molecule has 41 heavy (non-hydrogen) atoms. The molecule has 1 saturated heterocycles. The lowest BCUT2D eigenvalue weighted by molar-refractivity contribution is -0.157. The van der Waals surface area contributed by atoms with E-state index in [1.165, 1.54) is 26.0 Å². The minimum atomic E-state index is -5.11. The quantitative estimate of drug-likeness (QED) is 0.222. The van der Waals surface area contributed by atoms with Crippen molar-refractivity contribution < 1.29 is 59.7 Å². The van der Waals surface area contributed by atoms with Gasteiger partial charge in [-0.15, -0.1) is 0 Å². The van der Waals surface area contributed by atoms with Crippen LogP contribution in [-0.2, 0) is 31.4 Å². The molecule has 1 amide bonds. The molecule has 14 heteroatoms. The van der Waals surface area contributed by atoms with E-state index in [-0.39, 0.29) is 11.6 Å². The van der Waals surface area contributed by atoms with Crippen LogP contribution in [0.2, 0.25) is 0 Å². The fourth-order valence-electron chi connectivity index (χ4n) is 5.25. The molecule has 1 fully saturated rings. The van der Waals surface area contributed by atoms with Crippen LogP contribution in [0.15, 0.2) is 42.5 Å². The maximum atomic E-state index is 13.8. The van der Waals surface area contributed by atoms with E-state index < -0.39 is 89.5 Å². The molecule has 0 spiro atoms. The summed E-state index contributed by atoms with van der Waals surface area (Å²) in [7, 11) is 1.03. The van der Waals surface area contributed by atoms with E-state index in [1.54, 1.807) is 0 Å². The predicted molar refractivity (Wildman–Crippen MR) is 128 cm³/mol. The van der Waals surface area contributed by atoms with Crippen LogP contribution in [0.25, 0.3) is 0 Å². The number of aldehydes is 1. The molecule has 1 aliphatic rings. The van der Waals surface area contributed by atoms with E-state index in [0.717, 1.165) is 24.1 Å². The second kappa shape index (κ2) is 11.7. The zero-order valence-electron chi connectivity index (χ0n) is 21.9. The topological polar surface area (TPSA) is 93.1 Å². The van der Waals surface area contributed by atoms with Crippen molar-refractivity contribution in [3.05, 3.63) is 70.5 Å². The largest absolute Gasteiger partial charge is 0.469 e. The van der Waals surface area contributed by atoms with E-state index in [0.29, 0.717) is 18.4 Å². The smallest absolute Gasteiger partial charge is 0.416 e. The zero-order valence-corrected chi connectivity index (χ0v) is 21.9. The highest BCUT2D eigenvalue weighted by Crippen LogP contribution is 2.48. The molecular weight excluding hydrogens is 567 g/mol. The third kappa shape index (κ3) is 6.63.